The summed E-state index contributed by atoms with van der Waals surface area (Å²) in [6.45, 7) is 10.7. The zero-order chi connectivity index (χ0) is 27.2. The predicted octanol–water partition coefficient (Wildman–Crippen LogP) is 5.75. The third kappa shape index (κ3) is 6.00. The van der Waals surface area contributed by atoms with Gasteiger partial charge in [-0.15, -0.1) is 6.58 Å². The Morgan fingerprint density at radius 1 is 1.26 bits per heavy atom. The number of aromatic nitrogens is 2. The molecule has 2 amide bonds. The van der Waals surface area contributed by atoms with Crippen LogP contribution in [0.5, 0.6) is 0 Å². The first kappa shape index (κ1) is 27.6. The van der Waals surface area contributed by atoms with Gasteiger partial charge in [-0.05, 0) is 62.8 Å². The first-order valence-electron chi connectivity index (χ1n) is 14.1. The Morgan fingerprint density at radius 3 is 2.68 bits per heavy atom. The van der Waals surface area contributed by atoms with Gasteiger partial charge in [0.2, 0.25) is 11.9 Å². The molecule has 0 radical (unpaired) electrons. The number of benzene rings is 1. The average molecular weight is 519 g/mol. The standard InChI is InChI=1S/C30H42N6O2/c1-6-11-22-19-36(24-13-9-10-14-24)27-26(35(5)29(22)38)18-31-30(34-27)33-25-16-15-21(17-20(25)4)28(37)32-23(8-3)12-7-2/h6,15-18,22-24H,1,7-14,19H2,2-5H3,(H,32,37)(H,31,33,34). The van der Waals surface area contributed by atoms with Crippen LogP contribution in [-0.4, -0.2) is 47.5 Å². The lowest BCUT2D eigenvalue weighted by atomic mass is 10.0. The van der Waals surface area contributed by atoms with Gasteiger partial charge in [0.05, 0.1) is 12.1 Å². The van der Waals surface area contributed by atoms with E-state index >= 15 is 0 Å². The Hall–Kier alpha value is -3.42. The second-order valence-electron chi connectivity index (χ2n) is 10.6. The molecule has 2 N–H and O–H groups in total. The van der Waals surface area contributed by atoms with Gasteiger partial charge in [-0.25, -0.2) is 4.98 Å². The summed E-state index contributed by atoms with van der Waals surface area (Å²) in [5, 5.41) is 6.50. The van der Waals surface area contributed by atoms with Gasteiger partial charge >= 0.3 is 0 Å². The SMILES string of the molecule is C=CCC1CN(C2CCCC2)c2nc(Nc3ccc(C(=O)NC(CC)CCC)cc3C)ncc2N(C)C1=O. The largest absolute Gasteiger partial charge is 0.351 e. The van der Waals surface area contributed by atoms with Gasteiger partial charge in [-0.2, -0.15) is 4.98 Å². The Kier molecular flexibility index (Phi) is 9.02. The van der Waals surface area contributed by atoms with E-state index in [2.05, 4.69) is 40.9 Å². The Labute approximate surface area is 226 Å². The molecule has 1 aliphatic carbocycles. The first-order valence-corrected chi connectivity index (χ1v) is 14.1. The molecule has 4 rings (SSSR count). The molecule has 1 fully saturated rings. The van der Waals surface area contributed by atoms with Crippen molar-refractivity contribution in [3.8, 4) is 0 Å². The van der Waals surface area contributed by atoms with Crippen molar-refractivity contribution in [3.63, 3.8) is 0 Å². The maximum absolute atomic E-state index is 13.2. The molecule has 2 unspecified atom stereocenters. The summed E-state index contributed by atoms with van der Waals surface area (Å²) in [6.07, 6.45) is 11.7. The lowest BCUT2D eigenvalue weighted by Crippen LogP contribution is -2.39. The van der Waals surface area contributed by atoms with Crippen LogP contribution in [0.1, 0.15) is 81.1 Å². The van der Waals surface area contributed by atoms with Gasteiger partial charge in [0.15, 0.2) is 5.82 Å². The van der Waals surface area contributed by atoms with Crippen molar-refractivity contribution in [2.45, 2.75) is 84.2 Å². The molecule has 1 aromatic heterocycles. The number of nitrogens with zero attached hydrogens (tertiary/aromatic N) is 4. The van der Waals surface area contributed by atoms with E-state index in [9.17, 15) is 9.59 Å². The zero-order valence-corrected chi connectivity index (χ0v) is 23.3. The smallest absolute Gasteiger partial charge is 0.251 e. The normalized spacial score (nSPS) is 18.6. The number of rotatable bonds is 10. The number of hydrogen-bond acceptors (Lipinski definition) is 6. The van der Waals surface area contributed by atoms with Crippen LogP contribution in [0.15, 0.2) is 37.1 Å². The molecule has 0 bridgehead atoms. The monoisotopic (exact) mass is 518 g/mol. The molecule has 1 saturated carbocycles. The van der Waals surface area contributed by atoms with Crippen LogP contribution >= 0.6 is 0 Å². The van der Waals surface area contributed by atoms with Gasteiger partial charge in [-0.3, -0.25) is 9.59 Å². The highest BCUT2D eigenvalue weighted by molar-refractivity contribution is 5.99. The molecule has 0 spiro atoms. The molecular formula is C30H42N6O2. The van der Waals surface area contributed by atoms with Crippen molar-refractivity contribution < 1.29 is 9.59 Å². The summed E-state index contributed by atoms with van der Waals surface area (Å²) in [5.41, 5.74) is 3.16. The minimum absolute atomic E-state index is 0.0461. The third-order valence-corrected chi connectivity index (χ3v) is 7.90. The third-order valence-electron chi connectivity index (χ3n) is 7.90. The van der Waals surface area contributed by atoms with Crippen LogP contribution in [0.25, 0.3) is 0 Å². The molecule has 1 aromatic carbocycles. The summed E-state index contributed by atoms with van der Waals surface area (Å²) in [5.74, 6) is 1.14. The van der Waals surface area contributed by atoms with Crippen molar-refractivity contribution >= 4 is 35.0 Å². The highest BCUT2D eigenvalue weighted by Crippen LogP contribution is 2.38. The molecule has 38 heavy (non-hydrogen) atoms. The number of carbonyl (C=O) groups is 2. The van der Waals surface area contributed by atoms with Crippen molar-refractivity contribution in [1.29, 1.82) is 0 Å². The van der Waals surface area contributed by atoms with Gasteiger partial charge in [-0.1, -0.05) is 39.2 Å². The minimum atomic E-state index is -0.158. The molecule has 2 heterocycles. The number of fused-ring (bicyclic) bond motifs is 1. The van der Waals surface area contributed by atoms with Crippen molar-refractivity contribution in [3.05, 3.63) is 48.2 Å². The van der Waals surface area contributed by atoms with E-state index in [0.29, 0.717) is 30.5 Å². The number of allylic oxidation sites excluding steroid dienone is 1. The van der Waals surface area contributed by atoms with Crippen LogP contribution in [0, 0.1) is 12.8 Å². The highest BCUT2D eigenvalue weighted by atomic mass is 16.2. The zero-order valence-electron chi connectivity index (χ0n) is 23.3. The number of hydrogen-bond donors (Lipinski definition) is 2. The van der Waals surface area contributed by atoms with Gasteiger partial charge in [0, 0.05) is 36.9 Å². The molecule has 2 atom stereocenters. The van der Waals surface area contributed by atoms with E-state index in [1.807, 2.05) is 38.2 Å². The molecular weight excluding hydrogens is 476 g/mol. The number of carbonyl (C=O) groups excluding carboxylic acids is 2. The van der Waals surface area contributed by atoms with Crippen LogP contribution in [-0.2, 0) is 4.79 Å². The second kappa shape index (κ2) is 12.4. The molecule has 204 valence electrons. The fraction of sp³-hybridized carbons (Fsp3) is 0.533. The van der Waals surface area contributed by atoms with E-state index in [-0.39, 0.29) is 23.8 Å². The van der Waals surface area contributed by atoms with Gasteiger partial charge in [0.25, 0.3) is 5.91 Å². The molecule has 8 heteroatoms. The van der Waals surface area contributed by atoms with Crippen LogP contribution in [0.4, 0.5) is 23.1 Å². The van der Waals surface area contributed by atoms with E-state index in [0.717, 1.165) is 54.9 Å². The number of anilines is 4. The summed E-state index contributed by atoms with van der Waals surface area (Å²) < 4.78 is 0. The number of nitrogens with one attached hydrogen (secondary N) is 2. The summed E-state index contributed by atoms with van der Waals surface area (Å²) >= 11 is 0. The maximum Gasteiger partial charge on any atom is 0.251 e. The second-order valence-corrected chi connectivity index (χ2v) is 10.6. The summed E-state index contributed by atoms with van der Waals surface area (Å²) in [6, 6.07) is 6.20. The Balaban J connectivity index is 1.59. The molecule has 8 nitrogen and oxygen atoms in total. The van der Waals surface area contributed by atoms with Crippen LogP contribution in [0.2, 0.25) is 0 Å². The topological polar surface area (TPSA) is 90.5 Å². The molecule has 0 saturated heterocycles. The molecule has 2 aliphatic rings. The minimum Gasteiger partial charge on any atom is -0.351 e. The van der Waals surface area contributed by atoms with Crippen molar-refractivity contribution in [1.82, 2.24) is 15.3 Å². The van der Waals surface area contributed by atoms with E-state index in [4.69, 9.17) is 4.98 Å². The van der Waals surface area contributed by atoms with Gasteiger partial charge in [0.1, 0.15) is 5.69 Å². The summed E-state index contributed by atoms with van der Waals surface area (Å²) in [4.78, 5) is 39.6. The maximum atomic E-state index is 13.2. The van der Waals surface area contributed by atoms with Crippen molar-refractivity contribution in [2.75, 3.05) is 28.7 Å². The van der Waals surface area contributed by atoms with Crippen molar-refractivity contribution in [2.24, 2.45) is 5.92 Å². The fourth-order valence-corrected chi connectivity index (χ4v) is 5.64. The predicted molar refractivity (Wildman–Crippen MR) is 154 cm³/mol. The number of amides is 2. The lowest BCUT2D eigenvalue weighted by molar-refractivity contribution is -0.121. The van der Waals surface area contributed by atoms with Gasteiger partial charge < -0.3 is 20.4 Å². The molecule has 2 aromatic rings. The average Bonchev–Trinajstić information content (AvgIpc) is 3.43. The quantitative estimate of drug-likeness (QED) is 0.389. The van der Waals surface area contributed by atoms with Crippen LogP contribution in [0.3, 0.4) is 0 Å². The Bertz CT molecular complexity index is 1160. The highest BCUT2D eigenvalue weighted by Gasteiger charge is 2.36. The van der Waals surface area contributed by atoms with E-state index in [1.165, 1.54) is 12.8 Å². The van der Waals surface area contributed by atoms with Crippen LogP contribution < -0.4 is 20.4 Å². The first-order chi connectivity index (χ1) is 18.4. The fourth-order valence-electron chi connectivity index (χ4n) is 5.64. The number of aryl methyl sites for hydroxylation is 1. The molecule has 1 aliphatic heterocycles. The summed E-state index contributed by atoms with van der Waals surface area (Å²) in [7, 11) is 1.81. The Morgan fingerprint density at radius 2 is 2.03 bits per heavy atom. The van der Waals surface area contributed by atoms with E-state index < -0.39 is 0 Å². The lowest BCUT2D eigenvalue weighted by Gasteiger charge is -2.31. The van der Waals surface area contributed by atoms with E-state index in [1.54, 1.807) is 11.1 Å².